The van der Waals surface area contributed by atoms with E-state index in [1.54, 1.807) is 0 Å². The Labute approximate surface area is 207 Å². The first-order valence-electron chi connectivity index (χ1n) is 11.7. The quantitative estimate of drug-likeness (QED) is 0.437. The fraction of sp³-hybridized carbons (Fsp3) is 0.462. The highest BCUT2D eigenvalue weighted by atomic mass is 35.5. The number of benzene rings is 2. The van der Waals surface area contributed by atoms with E-state index in [1.165, 1.54) is 19.3 Å². The molecule has 0 atom stereocenters. The largest absolute Gasteiger partial charge is 0.369 e. The second-order valence-electron chi connectivity index (χ2n) is 8.51. The van der Waals surface area contributed by atoms with Crippen LogP contribution in [0.2, 0.25) is 0 Å². The summed E-state index contributed by atoms with van der Waals surface area (Å²) in [5, 5.41) is 2.96. The topological polar surface area (TPSA) is 52.7 Å². The molecule has 5 nitrogen and oxygen atoms in total. The van der Waals surface area contributed by atoms with E-state index in [0.717, 1.165) is 48.7 Å². The summed E-state index contributed by atoms with van der Waals surface area (Å²) in [6.07, 6.45) is 4.29. The van der Waals surface area contributed by atoms with Gasteiger partial charge in [-0.1, -0.05) is 30.7 Å². The van der Waals surface area contributed by atoms with Crippen LogP contribution in [0.4, 0.5) is 11.4 Å². The smallest absolute Gasteiger partial charge is 0.228 e. The molecule has 0 bridgehead atoms. The Morgan fingerprint density at radius 3 is 2.24 bits per heavy atom. The molecule has 1 saturated heterocycles. The molecule has 0 aliphatic carbocycles. The number of nitrogens with zero attached hydrogens (tertiary/aromatic N) is 2. The first kappa shape index (κ1) is 25.5. The lowest BCUT2D eigenvalue weighted by Gasteiger charge is -2.25. The molecular formula is C26H33Cl2N3O2. The van der Waals surface area contributed by atoms with Crippen molar-refractivity contribution in [3.05, 3.63) is 59.7 Å². The van der Waals surface area contributed by atoms with Crippen molar-refractivity contribution in [3.8, 4) is 0 Å². The van der Waals surface area contributed by atoms with E-state index in [2.05, 4.69) is 15.1 Å². The van der Waals surface area contributed by atoms with Crippen LogP contribution in [0, 0.1) is 0 Å². The van der Waals surface area contributed by atoms with Gasteiger partial charge in [0.25, 0.3) is 0 Å². The highest BCUT2D eigenvalue weighted by molar-refractivity contribution is 6.18. The number of hydrogen-bond donors (Lipinski definition) is 1. The lowest BCUT2D eigenvalue weighted by molar-refractivity contribution is -0.119. The van der Waals surface area contributed by atoms with Crippen molar-refractivity contribution in [2.75, 3.05) is 54.7 Å². The molecular weight excluding hydrogens is 457 g/mol. The molecule has 1 fully saturated rings. The van der Waals surface area contributed by atoms with Gasteiger partial charge in [0.05, 0.1) is 13.0 Å². The highest BCUT2D eigenvalue weighted by Crippen LogP contribution is 2.17. The number of anilines is 2. The van der Waals surface area contributed by atoms with Gasteiger partial charge in [0.1, 0.15) is 0 Å². The maximum Gasteiger partial charge on any atom is 0.228 e. The van der Waals surface area contributed by atoms with Gasteiger partial charge in [-0.3, -0.25) is 14.5 Å². The molecule has 1 aliphatic heterocycles. The zero-order chi connectivity index (χ0) is 23.5. The minimum absolute atomic E-state index is 0.0853. The SMILES string of the molecule is O=C(Cc1cccc(NC(=O)Cc2ccc(N(CCCl)CCCl)cc2)c1)CN1CCCCC1. The standard InChI is InChI=1S/C26H33Cl2N3O2/c27-11-15-31(16-12-28)24-9-7-21(8-10-24)19-26(33)29-23-6-4-5-22(17-23)18-25(32)20-30-13-2-1-3-14-30/h4-10,17H,1-3,11-16,18-20H2,(H,29,33). The third-order valence-electron chi connectivity index (χ3n) is 5.84. The Morgan fingerprint density at radius 1 is 0.879 bits per heavy atom. The van der Waals surface area contributed by atoms with Gasteiger partial charge in [-0.05, 0) is 61.3 Å². The van der Waals surface area contributed by atoms with Crippen LogP contribution in [0.1, 0.15) is 30.4 Å². The molecule has 1 heterocycles. The maximum absolute atomic E-state index is 12.6. The lowest BCUT2D eigenvalue weighted by atomic mass is 10.1. The van der Waals surface area contributed by atoms with Gasteiger partial charge in [-0.25, -0.2) is 0 Å². The monoisotopic (exact) mass is 489 g/mol. The molecule has 0 saturated carbocycles. The molecule has 0 aromatic heterocycles. The number of hydrogen-bond acceptors (Lipinski definition) is 4. The van der Waals surface area contributed by atoms with E-state index in [-0.39, 0.29) is 18.1 Å². The molecule has 1 aliphatic rings. The van der Waals surface area contributed by atoms with Crippen LogP contribution in [0.25, 0.3) is 0 Å². The summed E-state index contributed by atoms with van der Waals surface area (Å²) in [6, 6.07) is 15.5. The third-order valence-corrected chi connectivity index (χ3v) is 6.17. The predicted octanol–water partition coefficient (Wildman–Crippen LogP) is 4.75. The molecule has 1 amide bonds. The fourth-order valence-electron chi connectivity index (χ4n) is 4.20. The summed E-state index contributed by atoms with van der Waals surface area (Å²) < 4.78 is 0. The average Bonchev–Trinajstić information content (AvgIpc) is 2.80. The van der Waals surface area contributed by atoms with Gasteiger partial charge in [0, 0.05) is 42.6 Å². The van der Waals surface area contributed by atoms with Crippen LogP contribution in [-0.4, -0.2) is 61.1 Å². The van der Waals surface area contributed by atoms with Gasteiger partial charge in [-0.15, -0.1) is 23.2 Å². The number of Topliss-reactive ketones (excluding diaryl/α,β-unsaturated/α-hetero) is 1. The van der Waals surface area contributed by atoms with E-state index in [0.29, 0.717) is 24.7 Å². The summed E-state index contributed by atoms with van der Waals surface area (Å²) >= 11 is 11.8. The van der Waals surface area contributed by atoms with Crippen molar-refractivity contribution in [1.82, 2.24) is 4.90 Å². The number of rotatable bonds is 12. The number of carbonyl (C=O) groups excluding carboxylic acids is 2. The van der Waals surface area contributed by atoms with Crippen molar-refractivity contribution in [3.63, 3.8) is 0 Å². The molecule has 0 spiro atoms. The highest BCUT2D eigenvalue weighted by Gasteiger charge is 2.14. The number of halogens is 2. The normalized spacial score (nSPS) is 14.1. The van der Waals surface area contributed by atoms with Crippen LogP contribution in [0.5, 0.6) is 0 Å². The van der Waals surface area contributed by atoms with Gasteiger partial charge >= 0.3 is 0 Å². The van der Waals surface area contributed by atoms with Gasteiger partial charge in [0.15, 0.2) is 5.78 Å². The molecule has 3 rings (SSSR count). The van der Waals surface area contributed by atoms with E-state index in [4.69, 9.17) is 23.2 Å². The second kappa shape index (κ2) is 13.6. The van der Waals surface area contributed by atoms with Crippen LogP contribution < -0.4 is 10.2 Å². The van der Waals surface area contributed by atoms with Gasteiger partial charge in [-0.2, -0.15) is 0 Å². The molecule has 2 aromatic rings. The molecule has 33 heavy (non-hydrogen) atoms. The molecule has 7 heteroatoms. The van der Waals surface area contributed by atoms with Crippen molar-refractivity contribution in [2.45, 2.75) is 32.1 Å². The summed E-state index contributed by atoms with van der Waals surface area (Å²) in [5.41, 5.74) is 3.62. The average molecular weight is 490 g/mol. The number of nitrogens with one attached hydrogen (secondary N) is 1. The van der Waals surface area contributed by atoms with Gasteiger partial charge in [0.2, 0.25) is 5.91 Å². The minimum Gasteiger partial charge on any atom is -0.369 e. The van der Waals surface area contributed by atoms with Crippen molar-refractivity contribution in [1.29, 1.82) is 0 Å². The number of alkyl halides is 2. The van der Waals surface area contributed by atoms with E-state index in [1.807, 2.05) is 48.5 Å². The van der Waals surface area contributed by atoms with E-state index in [9.17, 15) is 9.59 Å². The number of likely N-dealkylation sites (tertiary alicyclic amines) is 1. The number of amides is 1. The van der Waals surface area contributed by atoms with E-state index < -0.39 is 0 Å². The van der Waals surface area contributed by atoms with Crippen LogP contribution in [-0.2, 0) is 22.4 Å². The van der Waals surface area contributed by atoms with Crippen molar-refractivity contribution in [2.24, 2.45) is 0 Å². The Hall–Kier alpha value is -2.08. The molecule has 178 valence electrons. The first-order chi connectivity index (χ1) is 16.1. The second-order valence-corrected chi connectivity index (χ2v) is 9.26. The maximum atomic E-state index is 12.6. The number of piperidine rings is 1. The Kier molecular flexibility index (Phi) is 10.5. The van der Waals surface area contributed by atoms with Crippen LogP contribution in [0.15, 0.2) is 48.5 Å². The van der Waals surface area contributed by atoms with Crippen LogP contribution in [0.3, 0.4) is 0 Å². The zero-order valence-electron chi connectivity index (χ0n) is 19.1. The zero-order valence-corrected chi connectivity index (χ0v) is 20.6. The Balaban J connectivity index is 1.51. The van der Waals surface area contributed by atoms with E-state index >= 15 is 0 Å². The lowest BCUT2D eigenvalue weighted by Crippen LogP contribution is -2.35. The molecule has 2 aromatic carbocycles. The summed E-state index contributed by atoms with van der Waals surface area (Å²) in [7, 11) is 0. The molecule has 1 N–H and O–H groups in total. The first-order valence-corrected chi connectivity index (χ1v) is 12.7. The number of ketones is 1. The molecule has 0 unspecified atom stereocenters. The Morgan fingerprint density at radius 2 is 1.58 bits per heavy atom. The summed E-state index contributed by atoms with van der Waals surface area (Å²) in [6.45, 7) is 4.00. The Bertz CT molecular complexity index is 893. The van der Waals surface area contributed by atoms with Gasteiger partial charge < -0.3 is 10.2 Å². The number of carbonyl (C=O) groups is 2. The van der Waals surface area contributed by atoms with Crippen molar-refractivity contribution >= 4 is 46.3 Å². The summed E-state index contributed by atoms with van der Waals surface area (Å²) in [4.78, 5) is 29.4. The third kappa shape index (κ3) is 8.65. The van der Waals surface area contributed by atoms with Crippen molar-refractivity contribution < 1.29 is 9.59 Å². The van der Waals surface area contributed by atoms with Crippen LogP contribution >= 0.6 is 23.2 Å². The molecule has 0 radical (unpaired) electrons. The summed E-state index contributed by atoms with van der Waals surface area (Å²) in [5.74, 6) is 1.20. The predicted molar refractivity (Wildman–Crippen MR) is 138 cm³/mol. The minimum atomic E-state index is -0.0853. The fourth-order valence-corrected chi connectivity index (χ4v) is 4.61.